The molecule has 1 unspecified atom stereocenters. The van der Waals surface area contributed by atoms with Crippen LogP contribution in [-0.4, -0.2) is 40.7 Å². The zero-order valence-electron chi connectivity index (χ0n) is 13.1. The fourth-order valence-corrected chi connectivity index (χ4v) is 3.71. The Morgan fingerprint density at radius 3 is 2.52 bits per heavy atom. The Hall–Kier alpha value is -0.910. The maximum atomic E-state index is 11.9. The summed E-state index contributed by atoms with van der Waals surface area (Å²) in [6.07, 6.45) is 9.69. The van der Waals surface area contributed by atoms with Gasteiger partial charge in [0.1, 0.15) is 0 Å². The summed E-state index contributed by atoms with van der Waals surface area (Å²) in [4.78, 5) is 22.4. The van der Waals surface area contributed by atoms with Crippen molar-refractivity contribution in [1.29, 1.82) is 0 Å². The summed E-state index contributed by atoms with van der Waals surface area (Å²) >= 11 is 1.86. The standard InChI is InChI=1S/C15H28N2O3S/c1-12(7-6-8-13(18)19)17-14(20)16-11-15(21-2)9-4-3-5-10-15/h12H,3-11H2,1-2H3,(H,18,19)(H2,16,17,20). The third-order valence-corrected chi connectivity index (χ3v) is 5.59. The van der Waals surface area contributed by atoms with Gasteiger partial charge in [0.15, 0.2) is 0 Å². The first kappa shape index (κ1) is 18.1. The first-order chi connectivity index (χ1) is 9.97. The third kappa shape index (κ3) is 7.07. The molecule has 0 spiro atoms. The maximum absolute atomic E-state index is 11.9. The Bertz CT molecular complexity index is 344. The van der Waals surface area contributed by atoms with E-state index in [2.05, 4.69) is 16.9 Å². The zero-order chi connectivity index (χ0) is 15.7. The normalized spacial score (nSPS) is 18.8. The summed E-state index contributed by atoms with van der Waals surface area (Å²) in [6, 6.07) is -0.141. The molecule has 0 aromatic heterocycles. The van der Waals surface area contributed by atoms with Crippen LogP contribution in [0.15, 0.2) is 0 Å². The quantitative estimate of drug-likeness (QED) is 0.643. The van der Waals surface area contributed by atoms with Crippen molar-refractivity contribution >= 4 is 23.8 Å². The third-order valence-electron chi connectivity index (χ3n) is 4.17. The van der Waals surface area contributed by atoms with Crippen LogP contribution in [-0.2, 0) is 4.79 Å². The van der Waals surface area contributed by atoms with E-state index in [4.69, 9.17) is 5.11 Å². The molecule has 1 aliphatic carbocycles. The summed E-state index contributed by atoms with van der Waals surface area (Å²) in [5.41, 5.74) is 0. The Morgan fingerprint density at radius 2 is 1.95 bits per heavy atom. The molecular formula is C15H28N2O3S. The van der Waals surface area contributed by atoms with E-state index in [1.54, 1.807) is 0 Å². The van der Waals surface area contributed by atoms with Crippen LogP contribution >= 0.6 is 11.8 Å². The van der Waals surface area contributed by atoms with Gasteiger partial charge in [-0.3, -0.25) is 4.79 Å². The van der Waals surface area contributed by atoms with Gasteiger partial charge < -0.3 is 15.7 Å². The molecule has 1 atom stereocenters. The monoisotopic (exact) mass is 316 g/mol. The van der Waals surface area contributed by atoms with Crippen molar-refractivity contribution in [2.75, 3.05) is 12.8 Å². The van der Waals surface area contributed by atoms with E-state index in [0.29, 0.717) is 19.4 Å². The summed E-state index contributed by atoms with van der Waals surface area (Å²) in [5, 5.41) is 14.5. The van der Waals surface area contributed by atoms with E-state index in [9.17, 15) is 9.59 Å². The van der Waals surface area contributed by atoms with Crippen LogP contribution < -0.4 is 10.6 Å². The molecule has 5 nitrogen and oxygen atoms in total. The van der Waals surface area contributed by atoms with Gasteiger partial charge in [-0.1, -0.05) is 19.3 Å². The number of aliphatic carboxylic acids is 1. The van der Waals surface area contributed by atoms with Gasteiger partial charge in [0, 0.05) is 23.8 Å². The molecule has 122 valence electrons. The highest BCUT2D eigenvalue weighted by atomic mass is 32.2. The number of carboxylic acid groups (broad SMARTS) is 1. The molecule has 0 saturated heterocycles. The van der Waals surface area contributed by atoms with Crippen molar-refractivity contribution < 1.29 is 14.7 Å². The molecule has 21 heavy (non-hydrogen) atoms. The molecule has 1 fully saturated rings. The molecule has 1 rings (SSSR count). The summed E-state index contributed by atoms with van der Waals surface area (Å²) < 4.78 is 0.197. The fraction of sp³-hybridized carbons (Fsp3) is 0.867. The minimum atomic E-state index is -0.786. The number of hydrogen-bond donors (Lipinski definition) is 3. The van der Waals surface area contributed by atoms with Gasteiger partial charge >= 0.3 is 12.0 Å². The average molecular weight is 316 g/mol. The Kier molecular flexibility index (Phi) is 7.93. The van der Waals surface area contributed by atoms with Gasteiger partial charge in [-0.15, -0.1) is 0 Å². The molecule has 6 heteroatoms. The highest BCUT2D eigenvalue weighted by Crippen LogP contribution is 2.37. The predicted octanol–water partition coefficient (Wildman–Crippen LogP) is 2.99. The molecule has 0 bridgehead atoms. The van der Waals surface area contributed by atoms with Crippen LogP contribution in [0.3, 0.4) is 0 Å². The van der Waals surface area contributed by atoms with E-state index in [1.165, 1.54) is 32.1 Å². The van der Waals surface area contributed by atoms with Crippen LogP contribution in [0.4, 0.5) is 4.79 Å². The molecule has 3 N–H and O–H groups in total. The smallest absolute Gasteiger partial charge is 0.315 e. The van der Waals surface area contributed by atoms with E-state index >= 15 is 0 Å². The molecule has 0 radical (unpaired) electrons. The predicted molar refractivity (Wildman–Crippen MR) is 86.8 cm³/mol. The topological polar surface area (TPSA) is 78.4 Å². The molecular weight excluding hydrogens is 288 g/mol. The number of nitrogens with one attached hydrogen (secondary N) is 2. The second-order valence-electron chi connectivity index (χ2n) is 5.96. The number of carbonyl (C=O) groups excluding carboxylic acids is 1. The molecule has 0 aliphatic heterocycles. The number of rotatable bonds is 8. The largest absolute Gasteiger partial charge is 0.481 e. The number of urea groups is 1. The first-order valence-electron chi connectivity index (χ1n) is 7.79. The lowest BCUT2D eigenvalue weighted by Gasteiger charge is -2.36. The Balaban J connectivity index is 2.24. The van der Waals surface area contributed by atoms with Gasteiger partial charge in [0.2, 0.25) is 0 Å². The van der Waals surface area contributed by atoms with Crippen molar-refractivity contribution in [1.82, 2.24) is 10.6 Å². The molecule has 0 aromatic rings. The van der Waals surface area contributed by atoms with Gasteiger partial charge in [0.05, 0.1) is 0 Å². The highest BCUT2D eigenvalue weighted by molar-refractivity contribution is 8.00. The SMILES string of the molecule is CSC1(CNC(=O)NC(C)CCCC(=O)O)CCCCC1. The van der Waals surface area contributed by atoms with Gasteiger partial charge in [0.25, 0.3) is 0 Å². The van der Waals surface area contributed by atoms with Gasteiger partial charge in [-0.2, -0.15) is 11.8 Å². The van der Waals surface area contributed by atoms with E-state index in [1.807, 2.05) is 18.7 Å². The van der Waals surface area contributed by atoms with Crippen molar-refractivity contribution in [3.63, 3.8) is 0 Å². The minimum Gasteiger partial charge on any atom is -0.481 e. The van der Waals surface area contributed by atoms with Gasteiger partial charge in [-0.25, -0.2) is 4.79 Å². The number of hydrogen-bond acceptors (Lipinski definition) is 3. The van der Waals surface area contributed by atoms with Crippen molar-refractivity contribution in [3.8, 4) is 0 Å². The second kappa shape index (κ2) is 9.18. The Morgan fingerprint density at radius 1 is 1.29 bits per heavy atom. The average Bonchev–Trinajstić information content (AvgIpc) is 2.46. The van der Waals surface area contributed by atoms with Crippen LogP contribution in [0.5, 0.6) is 0 Å². The molecule has 2 amide bonds. The summed E-state index contributed by atoms with van der Waals surface area (Å²) in [5.74, 6) is -0.786. The van der Waals surface area contributed by atoms with Crippen molar-refractivity contribution in [3.05, 3.63) is 0 Å². The first-order valence-corrected chi connectivity index (χ1v) is 9.01. The lowest BCUT2D eigenvalue weighted by molar-refractivity contribution is -0.137. The fourth-order valence-electron chi connectivity index (χ4n) is 2.80. The van der Waals surface area contributed by atoms with E-state index < -0.39 is 5.97 Å². The molecule has 0 aromatic carbocycles. The lowest BCUT2D eigenvalue weighted by atomic mass is 9.88. The molecule has 1 saturated carbocycles. The Labute approximate surface area is 131 Å². The second-order valence-corrected chi connectivity index (χ2v) is 7.24. The maximum Gasteiger partial charge on any atom is 0.315 e. The van der Waals surface area contributed by atoms with E-state index in [0.717, 1.165) is 0 Å². The highest BCUT2D eigenvalue weighted by Gasteiger charge is 2.31. The summed E-state index contributed by atoms with van der Waals surface area (Å²) in [7, 11) is 0. The number of carboxylic acids is 1. The molecule has 0 heterocycles. The number of carbonyl (C=O) groups is 2. The van der Waals surface area contributed by atoms with Crippen molar-refractivity contribution in [2.45, 2.75) is 69.1 Å². The molecule has 1 aliphatic rings. The lowest BCUT2D eigenvalue weighted by Crippen LogP contribution is -2.47. The van der Waals surface area contributed by atoms with E-state index in [-0.39, 0.29) is 23.2 Å². The van der Waals surface area contributed by atoms with Crippen LogP contribution in [0, 0.1) is 0 Å². The van der Waals surface area contributed by atoms with Gasteiger partial charge in [-0.05, 0) is 38.9 Å². The minimum absolute atomic E-state index is 0.000866. The van der Waals surface area contributed by atoms with Crippen LogP contribution in [0.1, 0.15) is 58.3 Å². The summed E-state index contributed by atoms with van der Waals surface area (Å²) in [6.45, 7) is 2.62. The van der Waals surface area contributed by atoms with Crippen LogP contribution in [0.25, 0.3) is 0 Å². The van der Waals surface area contributed by atoms with Crippen LogP contribution in [0.2, 0.25) is 0 Å². The zero-order valence-corrected chi connectivity index (χ0v) is 13.9. The van der Waals surface area contributed by atoms with Crippen molar-refractivity contribution in [2.24, 2.45) is 0 Å². The number of thioether (sulfide) groups is 1. The number of amides is 2.